The second kappa shape index (κ2) is 7.36. The highest BCUT2D eigenvalue weighted by Gasteiger charge is 2.26. The van der Waals surface area contributed by atoms with Crippen molar-refractivity contribution in [3.05, 3.63) is 58.7 Å². The molecule has 0 aliphatic carbocycles. The molecule has 2 aromatic rings. The molecule has 0 atom stereocenters. The second-order valence-corrected chi connectivity index (χ2v) is 9.65. The minimum absolute atomic E-state index is 0.177. The number of aromatic hydroxyl groups is 1. The number of benzene rings is 2. The summed E-state index contributed by atoms with van der Waals surface area (Å²) in [7, 11) is 0. The van der Waals surface area contributed by atoms with E-state index in [4.69, 9.17) is 0 Å². The zero-order valence-corrected chi connectivity index (χ0v) is 17.2. The van der Waals surface area contributed by atoms with Gasteiger partial charge in [0.15, 0.2) is 0 Å². The molecular weight excluding hydrogens is 344 g/mol. The maximum atomic E-state index is 11.4. The summed E-state index contributed by atoms with van der Waals surface area (Å²) in [6, 6.07) is 11.1. The van der Waals surface area contributed by atoms with Crippen LogP contribution in [0.15, 0.2) is 41.3 Å². The van der Waals surface area contributed by atoms with Crippen molar-refractivity contribution in [2.45, 2.75) is 63.0 Å². The molecule has 0 saturated heterocycles. The first-order valence-corrected chi connectivity index (χ1v) is 9.72. The van der Waals surface area contributed by atoms with E-state index < -0.39 is 5.97 Å². The van der Waals surface area contributed by atoms with Gasteiger partial charge in [-0.05, 0) is 39.7 Å². The lowest BCUT2D eigenvalue weighted by atomic mass is 9.78. The Morgan fingerprint density at radius 1 is 0.962 bits per heavy atom. The number of rotatable bonds is 4. The Morgan fingerprint density at radius 3 is 1.92 bits per heavy atom. The van der Waals surface area contributed by atoms with Crippen LogP contribution in [0.1, 0.15) is 68.6 Å². The Kier molecular flexibility index (Phi) is 5.76. The molecule has 0 fully saturated rings. The molecule has 0 amide bonds. The smallest absolute Gasteiger partial charge is 0.336 e. The van der Waals surface area contributed by atoms with E-state index in [1.807, 2.05) is 24.3 Å². The van der Waals surface area contributed by atoms with Crippen LogP contribution in [0, 0.1) is 0 Å². The summed E-state index contributed by atoms with van der Waals surface area (Å²) in [5, 5.41) is 20.2. The number of carboxylic acids is 1. The van der Waals surface area contributed by atoms with E-state index in [0.29, 0.717) is 17.1 Å². The predicted octanol–water partition coefficient (Wildman–Crippen LogP) is 5.98. The number of aromatic carboxylic acids is 1. The quantitative estimate of drug-likeness (QED) is 0.648. The lowest BCUT2D eigenvalue weighted by Crippen LogP contribution is -2.17. The maximum absolute atomic E-state index is 11.4. The summed E-state index contributed by atoms with van der Waals surface area (Å²) in [6.07, 6.45) is 0. The highest BCUT2D eigenvalue weighted by molar-refractivity contribution is 7.98. The van der Waals surface area contributed by atoms with E-state index in [0.717, 1.165) is 21.6 Å². The summed E-state index contributed by atoms with van der Waals surface area (Å²) >= 11 is 1.51. The van der Waals surface area contributed by atoms with Gasteiger partial charge in [0.2, 0.25) is 0 Å². The van der Waals surface area contributed by atoms with Gasteiger partial charge in [-0.1, -0.05) is 65.8 Å². The maximum Gasteiger partial charge on any atom is 0.336 e. The predicted molar refractivity (Wildman–Crippen MR) is 108 cm³/mol. The van der Waals surface area contributed by atoms with Gasteiger partial charge in [0, 0.05) is 10.6 Å². The summed E-state index contributed by atoms with van der Waals surface area (Å²) < 4.78 is 0. The summed E-state index contributed by atoms with van der Waals surface area (Å²) in [5.74, 6) is 0.103. The molecule has 0 bridgehead atoms. The molecule has 0 unspecified atom stereocenters. The van der Waals surface area contributed by atoms with Gasteiger partial charge < -0.3 is 10.2 Å². The summed E-state index contributed by atoms with van der Waals surface area (Å²) in [6.45, 7) is 12.5. The van der Waals surface area contributed by atoms with Crippen molar-refractivity contribution in [1.82, 2.24) is 0 Å². The van der Waals surface area contributed by atoms with Crippen LogP contribution >= 0.6 is 11.8 Å². The highest BCUT2D eigenvalue weighted by atomic mass is 32.2. The minimum Gasteiger partial charge on any atom is -0.507 e. The van der Waals surface area contributed by atoms with Crippen molar-refractivity contribution in [3.8, 4) is 5.75 Å². The Bertz CT molecular complexity index is 776. The normalized spacial score (nSPS) is 12.2. The van der Waals surface area contributed by atoms with Crippen molar-refractivity contribution < 1.29 is 15.0 Å². The number of carboxylic acid groups (broad SMARTS) is 1. The molecule has 140 valence electrons. The Labute approximate surface area is 160 Å². The van der Waals surface area contributed by atoms with Crippen LogP contribution in [0.3, 0.4) is 0 Å². The van der Waals surface area contributed by atoms with Crippen LogP contribution in [0.5, 0.6) is 5.75 Å². The van der Waals surface area contributed by atoms with Crippen molar-refractivity contribution in [2.75, 3.05) is 0 Å². The summed E-state index contributed by atoms with van der Waals surface area (Å²) in [4.78, 5) is 12.2. The number of phenolic OH excluding ortho intramolecular Hbond substituents is 1. The van der Waals surface area contributed by atoms with E-state index in [-0.39, 0.29) is 10.8 Å². The fraction of sp³-hybridized carbons (Fsp3) is 0.409. The van der Waals surface area contributed by atoms with Crippen molar-refractivity contribution >= 4 is 17.7 Å². The van der Waals surface area contributed by atoms with Gasteiger partial charge in [0.1, 0.15) is 5.75 Å². The zero-order chi connectivity index (χ0) is 19.7. The third kappa shape index (κ3) is 4.61. The van der Waals surface area contributed by atoms with Crippen LogP contribution in [0.4, 0.5) is 0 Å². The van der Waals surface area contributed by atoms with E-state index in [9.17, 15) is 15.0 Å². The van der Waals surface area contributed by atoms with E-state index in [2.05, 4.69) is 41.5 Å². The minimum atomic E-state index is -0.912. The molecule has 3 nitrogen and oxygen atoms in total. The third-order valence-electron chi connectivity index (χ3n) is 4.30. The standard InChI is InChI=1S/C22H28O3S/c1-21(2,3)16-11-14(12-17(19(16)23)22(4,5)6)13-26-18-10-8-7-9-15(18)20(24)25/h7-12,23H,13H2,1-6H3,(H,24,25). The molecule has 2 rings (SSSR count). The van der Waals surface area contributed by atoms with Crippen LogP contribution in [-0.4, -0.2) is 16.2 Å². The Morgan fingerprint density at radius 2 is 1.46 bits per heavy atom. The molecule has 0 radical (unpaired) electrons. The van der Waals surface area contributed by atoms with Crippen LogP contribution < -0.4 is 0 Å². The van der Waals surface area contributed by atoms with Gasteiger partial charge in [-0.3, -0.25) is 0 Å². The zero-order valence-electron chi connectivity index (χ0n) is 16.4. The van der Waals surface area contributed by atoms with Gasteiger partial charge >= 0.3 is 5.97 Å². The van der Waals surface area contributed by atoms with Gasteiger partial charge in [-0.15, -0.1) is 11.8 Å². The highest BCUT2D eigenvalue weighted by Crippen LogP contribution is 2.41. The third-order valence-corrected chi connectivity index (χ3v) is 5.44. The fourth-order valence-electron chi connectivity index (χ4n) is 2.85. The Hall–Kier alpha value is -1.94. The first kappa shape index (κ1) is 20.4. The van der Waals surface area contributed by atoms with Gasteiger partial charge in [0.25, 0.3) is 0 Å². The van der Waals surface area contributed by atoms with Crippen LogP contribution in [0.25, 0.3) is 0 Å². The van der Waals surface area contributed by atoms with E-state index >= 15 is 0 Å². The molecule has 26 heavy (non-hydrogen) atoms. The number of hydrogen-bond acceptors (Lipinski definition) is 3. The Balaban J connectivity index is 2.43. The van der Waals surface area contributed by atoms with Crippen LogP contribution in [0.2, 0.25) is 0 Å². The lowest BCUT2D eigenvalue weighted by Gasteiger charge is -2.28. The molecule has 0 aromatic heterocycles. The molecule has 4 heteroatoms. The molecule has 2 N–H and O–H groups in total. The van der Waals surface area contributed by atoms with Gasteiger partial charge in [0.05, 0.1) is 5.56 Å². The lowest BCUT2D eigenvalue weighted by molar-refractivity contribution is 0.0693. The van der Waals surface area contributed by atoms with Gasteiger partial charge in [-0.25, -0.2) is 4.79 Å². The molecule has 0 saturated carbocycles. The van der Waals surface area contributed by atoms with Crippen LogP contribution in [-0.2, 0) is 16.6 Å². The van der Waals surface area contributed by atoms with Gasteiger partial charge in [-0.2, -0.15) is 0 Å². The number of carbonyl (C=O) groups is 1. The number of phenols is 1. The fourth-order valence-corrected chi connectivity index (χ4v) is 3.83. The topological polar surface area (TPSA) is 57.5 Å². The number of hydrogen-bond donors (Lipinski definition) is 2. The monoisotopic (exact) mass is 372 g/mol. The molecular formula is C22H28O3S. The van der Waals surface area contributed by atoms with E-state index in [1.165, 1.54) is 11.8 Å². The molecule has 0 heterocycles. The molecule has 0 aliphatic rings. The SMILES string of the molecule is CC(C)(C)c1cc(CSc2ccccc2C(=O)O)cc(C(C)(C)C)c1O. The number of thioether (sulfide) groups is 1. The second-order valence-electron chi connectivity index (χ2n) is 8.63. The first-order chi connectivity index (χ1) is 11.9. The van der Waals surface area contributed by atoms with Crippen molar-refractivity contribution in [2.24, 2.45) is 0 Å². The molecule has 2 aromatic carbocycles. The first-order valence-electron chi connectivity index (χ1n) is 8.73. The van der Waals surface area contributed by atoms with Crippen molar-refractivity contribution in [1.29, 1.82) is 0 Å². The van der Waals surface area contributed by atoms with E-state index in [1.54, 1.807) is 12.1 Å². The summed E-state index contributed by atoms with van der Waals surface area (Å²) in [5.41, 5.74) is 2.90. The van der Waals surface area contributed by atoms with Crippen molar-refractivity contribution in [3.63, 3.8) is 0 Å². The largest absolute Gasteiger partial charge is 0.507 e. The molecule has 0 aliphatic heterocycles. The molecule has 0 spiro atoms. The average molecular weight is 373 g/mol. The average Bonchev–Trinajstić information content (AvgIpc) is 2.51.